The molecule has 8 heteroatoms. The van der Waals surface area contributed by atoms with Crippen molar-refractivity contribution in [1.82, 2.24) is 15.3 Å². The van der Waals surface area contributed by atoms with Crippen molar-refractivity contribution < 1.29 is 9.18 Å². The van der Waals surface area contributed by atoms with E-state index in [1.54, 1.807) is 6.07 Å². The summed E-state index contributed by atoms with van der Waals surface area (Å²) in [5.41, 5.74) is 4.84. The van der Waals surface area contributed by atoms with Crippen molar-refractivity contribution in [2.24, 2.45) is 10.9 Å². The molecule has 1 N–H and O–H groups in total. The fraction of sp³-hybridized carbons (Fsp3) is 0.333. The molecule has 5 rings (SSSR count). The predicted molar refractivity (Wildman–Crippen MR) is 139 cm³/mol. The number of allylic oxidation sites excluding steroid dienone is 1. The fourth-order valence-electron chi connectivity index (χ4n) is 4.61. The van der Waals surface area contributed by atoms with E-state index in [0.29, 0.717) is 47.4 Å². The third-order valence-electron chi connectivity index (χ3n) is 6.32. The van der Waals surface area contributed by atoms with Gasteiger partial charge in [0.05, 0.1) is 46.9 Å². The lowest BCUT2D eigenvalue weighted by Gasteiger charge is -2.34. The number of hydrogen-bond donors (Lipinski definition) is 1. The van der Waals surface area contributed by atoms with Crippen LogP contribution in [0.25, 0.3) is 16.6 Å². The quantitative estimate of drug-likeness (QED) is 0.541. The number of fused-ring (bicyclic) bond motifs is 1. The molecule has 0 saturated carbocycles. The van der Waals surface area contributed by atoms with Crippen molar-refractivity contribution in [2.75, 3.05) is 31.1 Å². The average Bonchev–Trinajstić information content (AvgIpc) is 3.34. The van der Waals surface area contributed by atoms with Gasteiger partial charge in [0.2, 0.25) is 0 Å². The van der Waals surface area contributed by atoms with E-state index in [1.807, 2.05) is 30.5 Å². The van der Waals surface area contributed by atoms with Crippen LogP contribution in [0, 0.1) is 11.7 Å². The number of anilines is 1. The second-order valence-corrected chi connectivity index (χ2v) is 9.81. The van der Waals surface area contributed by atoms with Gasteiger partial charge in [-0.15, -0.1) is 0 Å². The lowest BCUT2D eigenvalue weighted by molar-refractivity contribution is -0.121. The van der Waals surface area contributed by atoms with E-state index in [-0.39, 0.29) is 17.6 Å². The summed E-state index contributed by atoms with van der Waals surface area (Å²) < 4.78 is 14.5. The van der Waals surface area contributed by atoms with Gasteiger partial charge in [0.15, 0.2) is 5.78 Å². The minimum atomic E-state index is -0.369. The summed E-state index contributed by atoms with van der Waals surface area (Å²) in [7, 11) is 0. The van der Waals surface area contributed by atoms with Crippen LogP contribution in [0.4, 0.5) is 10.1 Å². The molecule has 0 bridgehead atoms. The van der Waals surface area contributed by atoms with Crippen LogP contribution in [0.3, 0.4) is 0 Å². The van der Waals surface area contributed by atoms with E-state index in [0.717, 1.165) is 35.4 Å². The van der Waals surface area contributed by atoms with Crippen molar-refractivity contribution in [1.29, 1.82) is 0 Å². The lowest BCUT2D eigenvalue weighted by atomic mass is 9.99. The second-order valence-electron chi connectivity index (χ2n) is 9.38. The molecule has 1 fully saturated rings. The first-order valence-electron chi connectivity index (χ1n) is 11.9. The van der Waals surface area contributed by atoms with Gasteiger partial charge in [-0.25, -0.2) is 9.37 Å². The number of nitrogens with zero attached hydrogens (tertiary/aromatic N) is 4. The van der Waals surface area contributed by atoms with Gasteiger partial charge in [-0.3, -0.25) is 14.8 Å². The van der Waals surface area contributed by atoms with Gasteiger partial charge in [0, 0.05) is 42.2 Å². The molecule has 180 valence electrons. The molecular weight excluding hydrogens is 465 g/mol. The molecule has 0 amide bonds. The van der Waals surface area contributed by atoms with Gasteiger partial charge < -0.3 is 10.2 Å². The van der Waals surface area contributed by atoms with E-state index in [2.05, 4.69) is 34.0 Å². The zero-order valence-electron chi connectivity index (χ0n) is 19.8. The van der Waals surface area contributed by atoms with Crippen LogP contribution in [0.5, 0.6) is 0 Å². The van der Waals surface area contributed by atoms with Crippen LogP contribution in [-0.4, -0.2) is 53.7 Å². The van der Waals surface area contributed by atoms with Gasteiger partial charge in [0.25, 0.3) is 0 Å². The largest absolute Gasteiger partial charge is 0.367 e. The highest BCUT2D eigenvalue weighted by atomic mass is 35.5. The maximum Gasteiger partial charge on any atom is 0.151 e. The molecule has 2 aliphatic rings. The molecule has 2 aliphatic heterocycles. The molecule has 3 aromatic rings. The van der Waals surface area contributed by atoms with Crippen molar-refractivity contribution in [2.45, 2.75) is 26.3 Å². The number of hydrogen-bond acceptors (Lipinski definition) is 6. The Morgan fingerprint density at radius 3 is 2.91 bits per heavy atom. The highest BCUT2D eigenvalue weighted by Gasteiger charge is 2.26. The van der Waals surface area contributed by atoms with Gasteiger partial charge in [-0.05, 0) is 42.3 Å². The van der Waals surface area contributed by atoms with Crippen molar-refractivity contribution >= 4 is 45.4 Å². The zero-order chi connectivity index (χ0) is 24.5. The maximum atomic E-state index is 14.5. The number of aromatic nitrogens is 2. The number of rotatable bonds is 6. The monoisotopic (exact) mass is 491 g/mol. The van der Waals surface area contributed by atoms with E-state index < -0.39 is 0 Å². The van der Waals surface area contributed by atoms with E-state index in [9.17, 15) is 9.18 Å². The highest BCUT2D eigenvalue weighted by molar-refractivity contribution is 6.35. The molecule has 0 spiro atoms. The van der Waals surface area contributed by atoms with E-state index in [4.69, 9.17) is 16.6 Å². The number of nitrogens with one attached hydrogen (secondary N) is 1. The standard InChI is InChI=1S/C27H27ClFN5O/c1-16(2)11-26(35)25-15-34(10-9-30-25)18-13-24-23(32-14-18)6-5-22(33-24)19-7-8-31-27(19)20-12-17(28)3-4-21(20)29/h3-7,12-14,16,25,30H,8-11,15H2,1-2H3/t25-/m1/s1. The first-order valence-corrected chi connectivity index (χ1v) is 12.3. The summed E-state index contributed by atoms with van der Waals surface area (Å²) in [4.78, 5) is 28.8. The normalized spacial score (nSPS) is 18.2. The number of pyridine rings is 2. The summed E-state index contributed by atoms with van der Waals surface area (Å²) in [6, 6.07) is 10.1. The minimum Gasteiger partial charge on any atom is -0.367 e. The summed E-state index contributed by atoms with van der Waals surface area (Å²) in [5.74, 6) is 0.210. The third-order valence-corrected chi connectivity index (χ3v) is 6.56. The number of Topliss-reactive ketones (excluding diaryl/α,β-unsaturated/α-hetero) is 1. The number of carbonyl (C=O) groups is 1. The molecule has 0 radical (unpaired) electrons. The highest BCUT2D eigenvalue weighted by Crippen LogP contribution is 2.28. The Labute approximate surface area is 208 Å². The first kappa shape index (κ1) is 23.6. The van der Waals surface area contributed by atoms with Crippen LogP contribution in [0.2, 0.25) is 5.02 Å². The van der Waals surface area contributed by atoms with Crippen molar-refractivity contribution in [3.05, 3.63) is 70.8 Å². The molecule has 1 atom stereocenters. The number of halogens is 2. The first-order chi connectivity index (χ1) is 16.9. The van der Waals surface area contributed by atoms with Crippen LogP contribution < -0.4 is 10.2 Å². The third kappa shape index (κ3) is 4.97. The molecule has 0 unspecified atom stereocenters. The Morgan fingerprint density at radius 2 is 2.09 bits per heavy atom. The molecule has 1 aromatic carbocycles. The van der Waals surface area contributed by atoms with Crippen LogP contribution in [0.15, 0.2) is 53.7 Å². The Balaban J connectivity index is 1.42. The molecule has 35 heavy (non-hydrogen) atoms. The van der Waals surface area contributed by atoms with E-state index >= 15 is 0 Å². The number of ketones is 1. The predicted octanol–water partition coefficient (Wildman–Crippen LogP) is 4.70. The van der Waals surface area contributed by atoms with Crippen LogP contribution in [0.1, 0.15) is 31.5 Å². The number of aliphatic imine (C=N–C) groups is 1. The Bertz CT molecular complexity index is 1350. The zero-order valence-corrected chi connectivity index (χ0v) is 20.5. The van der Waals surface area contributed by atoms with E-state index in [1.165, 1.54) is 12.1 Å². The maximum absolute atomic E-state index is 14.5. The molecule has 4 heterocycles. The lowest BCUT2D eigenvalue weighted by Crippen LogP contribution is -2.54. The van der Waals surface area contributed by atoms with Gasteiger partial charge in [-0.2, -0.15) is 0 Å². The topological polar surface area (TPSA) is 70.5 Å². The molecule has 2 aromatic heterocycles. The fourth-order valence-corrected chi connectivity index (χ4v) is 4.78. The summed E-state index contributed by atoms with van der Waals surface area (Å²) in [6.45, 7) is 6.71. The smallest absolute Gasteiger partial charge is 0.151 e. The summed E-state index contributed by atoms with van der Waals surface area (Å²) in [6.07, 6.45) is 4.35. The number of piperazine rings is 1. The molecule has 0 aliphatic carbocycles. The Kier molecular flexibility index (Phi) is 6.62. The number of carbonyl (C=O) groups excluding carboxylic acids is 1. The van der Waals surface area contributed by atoms with Gasteiger partial charge >= 0.3 is 0 Å². The Hall–Kier alpha value is -3.16. The van der Waals surface area contributed by atoms with Crippen molar-refractivity contribution in [3.63, 3.8) is 0 Å². The van der Waals surface area contributed by atoms with Crippen molar-refractivity contribution in [3.8, 4) is 0 Å². The molecule has 6 nitrogen and oxygen atoms in total. The number of benzene rings is 1. The minimum absolute atomic E-state index is 0.184. The second kappa shape index (κ2) is 9.84. The van der Waals surface area contributed by atoms with Gasteiger partial charge in [-0.1, -0.05) is 31.5 Å². The van der Waals surface area contributed by atoms with Crippen LogP contribution in [-0.2, 0) is 4.79 Å². The van der Waals surface area contributed by atoms with Gasteiger partial charge in [0.1, 0.15) is 5.82 Å². The SMILES string of the molecule is CC(C)CC(=O)[C@H]1CN(c2cnc3ccc(C4=CCN=C4c4cc(Cl)ccc4F)nc3c2)CCN1. The average molecular weight is 492 g/mol. The molecule has 1 saturated heterocycles. The Morgan fingerprint density at radius 1 is 1.23 bits per heavy atom. The van der Waals surface area contributed by atoms with Crippen LogP contribution >= 0.6 is 11.6 Å². The summed E-state index contributed by atoms with van der Waals surface area (Å²) >= 11 is 6.12. The summed E-state index contributed by atoms with van der Waals surface area (Å²) in [5, 5.41) is 3.80. The molecular formula is C27H27ClFN5O.